The van der Waals surface area contributed by atoms with Crippen molar-refractivity contribution in [3.05, 3.63) is 5.92 Å². The average molecular weight is 118 g/mol. The van der Waals surface area contributed by atoms with E-state index < -0.39 is 0 Å². The first-order chi connectivity index (χ1) is 3.34. The highest BCUT2D eigenvalue weighted by atomic mass is 35.5. The lowest BCUT2D eigenvalue weighted by Crippen LogP contribution is -2.22. The van der Waals surface area contributed by atoms with Gasteiger partial charge in [0.2, 0.25) is 0 Å². The first-order valence-electron chi connectivity index (χ1n) is 2.83. The molecule has 1 unspecified atom stereocenters. The van der Waals surface area contributed by atoms with Crippen LogP contribution < -0.4 is 0 Å². The van der Waals surface area contributed by atoms with Crippen molar-refractivity contribution in [2.75, 3.05) is 0 Å². The number of halogens is 1. The van der Waals surface area contributed by atoms with E-state index in [1.807, 2.05) is 0 Å². The number of alkyl halides is 1. The molecule has 0 aromatic heterocycles. The highest BCUT2D eigenvalue weighted by Gasteiger charge is 2.26. The van der Waals surface area contributed by atoms with Crippen LogP contribution in [0.25, 0.3) is 0 Å². The van der Waals surface area contributed by atoms with E-state index in [1.165, 1.54) is 19.3 Å². The minimum atomic E-state index is 0.435. The van der Waals surface area contributed by atoms with E-state index in [-0.39, 0.29) is 0 Å². The van der Waals surface area contributed by atoms with Crippen LogP contribution in [0, 0.1) is 5.92 Å². The Morgan fingerprint density at radius 3 is 2.57 bits per heavy atom. The summed E-state index contributed by atoms with van der Waals surface area (Å²) in [6.07, 6.45) is 3.68. The Balaban J connectivity index is 2.16. The molecule has 0 N–H and O–H groups in total. The highest BCUT2D eigenvalue weighted by molar-refractivity contribution is 6.22. The summed E-state index contributed by atoms with van der Waals surface area (Å²) < 4.78 is 0. The fraction of sp³-hybridized carbons (Fsp3) is 0.833. The lowest BCUT2D eigenvalue weighted by atomic mass is 9.83. The van der Waals surface area contributed by atoms with Crippen LogP contribution in [-0.4, -0.2) is 5.38 Å². The first kappa shape index (κ1) is 5.43. The van der Waals surface area contributed by atoms with Gasteiger partial charge in [0.25, 0.3) is 0 Å². The molecule has 0 nitrogen and oxygen atoms in total. The fourth-order valence-electron chi connectivity index (χ4n) is 0.856. The molecule has 0 bridgehead atoms. The quantitative estimate of drug-likeness (QED) is 0.463. The second kappa shape index (κ2) is 2.04. The molecule has 1 aliphatic rings. The maximum absolute atomic E-state index is 5.78. The van der Waals surface area contributed by atoms with E-state index in [9.17, 15) is 0 Å². The van der Waals surface area contributed by atoms with Gasteiger partial charge in [-0.1, -0.05) is 6.92 Å². The largest absolute Gasteiger partial charge is 0.122 e. The van der Waals surface area contributed by atoms with Crippen molar-refractivity contribution in [3.63, 3.8) is 0 Å². The summed E-state index contributed by atoms with van der Waals surface area (Å²) in [5.74, 6) is 1.54. The van der Waals surface area contributed by atoms with Gasteiger partial charge in [-0.2, -0.15) is 0 Å². The van der Waals surface area contributed by atoms with Gasteiger partial charge in [0, 0.05) is 5.38 Å². The lowest BCUT2D eigenvalue weighted by Gasteiger charge is -2.29. The maximum atomic E-state index is 5.78. The van der Waals surface area contributed by atoms with E-state index in [0.29, 0.717) is 5.38 Å². The summed E-state index contributed by atoms with van der Waals surface area (Å²) in [4.78, 5) is 0. The topological polar surface area (TPSA) is 0 Å². The van der Waals surface area contributed by atoms with Crippen molar-refractivity contribution in [2.24, 2.45) is 0 Å². The van der Waals surface area contributed by atoms with Gasteiger partial charge in [-0.25, -0.2) is 0 Å². The van der Waals surface area contributed by atoms with Crippen molar-refractivity contribution in [3.8, 4) is 0 Å². The molecule has 1 aliphatic carbocycles. The summed E-state index contributed by atoms with van der Waals surface area (Å²) in [6.45, 7) is 2.17. The van der Waals surface area contributed by atoms with Gasteiger partial charge in [0.15, 0.2) is 0 Å². The number of hydrogen-bond donors (Lipinski definition) is 0. The molecule has 41 valence electrons. The normalized spacial score (nSPS) is 32.6. The maximum Gasteiger partial charge on any atom is 0.0398 e. The van der Waals surface area contributed by atoms with Gasteiger partial charge in [-0.15, -0.1) is 11.6 Å². The third kappa shape index (κ3) is 0.908. The molecule has 1 atom stereocenters. The average Bonchev–Trinajstić information content (AvgIpc) is 1.65. The van der Waals surface area contributed by atoms with Crippen molar-refractivity contribution in [1.82, 2.24) is 0 Å². The van der Waals surface area contributed by atoms with Gasteiger partial charge in [-0.05, 0) is 25.2 Å². The zero-order valence-electron chi connectivity index (χ0n) is 4.58. The lowest BCUT2D eigenvalue weighted by molar-refractivity contribution is 0.529. The van der Waals surface area contributed by atoms with Crippen molar-refractivity contribution < 1.29 is 0 Å². The zero-order chi connectivity index (χ0) is 5.28. The molecular weight excluding hydrogens is 108 g/mol. The summed E-state index contributed by atoms with van der Waals surface area (Å²) in [6, 6.07) is 0. The Labute approximate surface area is 49.9 Å². The van der Waals surface area contributed by atoms with Gasteiger partial charge in [-0.3, -0.25) is 0 Å². The first-order valence-corrected chi connectivity index (χ1v) is 3.27. The number of hydrogen-bond acceptors (Lipinski definition) is 0. The van der Waals surface area contributed by atoms with E-state index in [4.69, 9.17) is 11.6 Å². The summed E-state index contributed by atoms with van der Waals surface area (Å²) in [7, 11) is 0. The Bertz CT molecular complexity index is 59.2. The van der Waals surface area contributed by atoms with Crippen molar-refractivity contribution in [2.45, 2.75) is 31.6 Å². The molecule has 0 aromatic carbocycles. The Morgan fingerprint density at radius 2 is 2.57 bits per heavy atom. The predicted octanol–water partition coefficient (Wildman–Crippen LogP) is 2.37. The van der Waals surface area contributed by atoms with Crippen molar-refractivity contribution in [1.29, 1.82) is 0 Å². The number of rotatable bonds is 1. The predicted molar refractivity (Wildman–Crippen MR) is 32.4 cm³/mol. The van der Waals surface area contributed by atoms with Crippen molar-refractivity contribution >= 4 is 11.6 Å². The second-order valence-corrected chi connectivity index (χ2v) is 2.54. The molecule has 0 saturated heterocycles. The molecule has 0 aromatic rings. The molecule has 0 amide bonds. The third-order valence-corrected chi connectivity index (χ3v) is 2.14. The van der Waals surface area contributed by atoms with Crippen LogP contribution in [0.4, 0.5) is 0 Å². The van der Waals surface area contributed by atoms with Gasteiger partial charge >= 0.3 is 0 Å². The Hall–Kier alpha value is 0.290. The van der Waals surface area contributed by atoms with Crippen LogP contribution in [-0.2, 0) is 0 Å². The zero-order valence-corrected chi connectivity index (χ0v) is 5.33. The van der Waals surface area contributed by atoms with Crippen LogP contribution in [0.1, 0.15) is 26.2 Å². The second-order valence-electron chi connectivity index (χ2n) is 2.02. The molecule has 7 heavy (non-hydrogen) atoms. The Morgan fingerprint density at radius 1 is 1.86 bits per heavy atom. The van der Waals surface area contributed by atoms with Crippen LogP contribution in [0.3, 0.4) is 0 Å². The molecule has 1 fully saturated rings. The van der Waals surface area contributed by atoms with Gasteiger partial charge < -0.3 is 0 Å². The summed E-state index contributed by atoms with van der Waals surface area (Å²) >= 11 is 5.78. The minimum absolute atomic E-state index is 0.435. The summed E-state index contributed by atoms with van der Waals surface area (Å²) in [5, 5.41) is 0.435. The van der Waals surface area contributed by atoms with Gasteiger partial charge in [0.1, 0.15) is 0 Å². The van der Waals surface area contributed by atoms with Gasteiger partial charge in [0.05, 0.1) is 0 Å². The highest BCUT2D eigenvalue weighted by Crippen LogP contribution is 2.36. The molecule has 1 saturated carbocycles. The summed E-state index contributed by atoms with van der Waals surface area (Å²) in [5.41, 5.74) is 0. The van der Waals surface area contributed by atoms with Crippen LogP contribution in [0.2, 0.25) is 0 Å². The van der Waals surface area contributed by atoms with Crippen LogP contribution in [0.5, 0.6) is 0 Å². The Kier molecular flexibility index (Phi) is 1.58. The fourth-order valence-corrected chi connectivity index (χ4v) is 1.23. The molecule has 1 heteroatoms. The molecule has 0 spiro atoms. The van der Waals surface area contributed by atoms with E-state index in [1.54, 1.807) is 5.92 Å². The molecule has 1 radical (unpaired) electrons. The molecule has 1 rings (SSSR count). The van der Waals surface area contributed by atoms with Crippen LogP contribution >= 0.6 is 11.6 Å². The monoisotopic (exact) mass is 117 g/mol. The SMILES string of the molecule is CC[C]1CCC1Cl. The van der Waals surface area contributed by atoms with E-state index >= 15 is 0 Å². The van der Waals surface area contributed by atoms with E-state index in [2.05, 4.69) is 6.92 Å². The van der Waals surface area contributed by atoms with Crippen LogP contribution in [0.15, 0.2) is 0 Å². The minimum Gasteiger partial charge on any atom is -0.122 e. The van der Waals surface area contributed by atoms with E-state index in [0.717, 1.165) is 0 Å². The molecule has 0 heterocycles. The smallest absolute Gasteiger partial charge is 0.0398 e. The molecule has 0 aliphatic heterocycles. The third-order valence-electron chi connectivity index (χ3n) is 1.62. The molecular formula is C6H10Cl. The standard InChI is InChI=1S/C6H10Cl/c1-2-5-3-4-6(5)7/h6H,2-4H2,1H3.